The van der Waals surface area contributed by atoms with Gasteiger partial charge in [0.2, 0.25) is 10.0 Å². The van der Waals surface area contributed by atoms with E-state index >= 15 is 0 Å². The van der Waals surface area contributed by atoms with Crippen LogP contribution in [0, 0.1) is 0 Å². The summed E-state index contributed by atoms with van der Waals surface area (Å²) in [4.78, 5) is 12.1. The van der Waals surface area contributed by atoms with E-state index in [-0.39, 0.29) is 11.7 Å². The normalized spacial score (nSPS) is 17.9. The molecule has 6 nitrogen and oxygen atoms in total. The van der Waals surface area contributed by atoms with Crippen LogP contribution < -0.4 is 10.0 Å². The number of fused-ring (bicyclic) bond motifs is 2. The fraction of sp³-hybridized carbons (Fsp3) is 0.156. The Bertz CT molecular complexity index is 1620. The number of thioether (sulfide) groups is 1. The van der Waals surface area contributed by atoms with Gasteiger partial charge >= 0.3 is 5.97 Å². The largest absolute Gasteiger partial charge is 0.461 e. The number of benzene rings is 4. The molecule has 0 aliphatic carbocycles. The van der Waals surface area contributed by atoms with Crippen LogP contribution in [-0.4, -0.2) is 23.3 Å². The quantitative estimate of drug-likeness (QED) is 0.227. The molecule has 0 N–H and O–H groups in total. The van der Waals surface area contributed by atoms with Crippen molar-refractivity contribution in [3.05, 3.63) is 130 Å². The monoisotopic (exact) mass is 566 g/mol. The lowest BCUT2D eigenvalue weighted by molar-refractivity contribution is -0.134. The first-order chi connectivity index (χ1) is 19.5. The Kier molecular flexibility index (Phi) is 7.09. The summed E-state index contributed by atoms with van der Waals surface area (Å²) in [5.74, 6) is -0.480. The maximum atomic E-state index is 13.1. The van der Waals surface area contributed by atoms with Crippen molar-refractivity contribution in [2.24, 2.45) is 10.2 Å². The summed E-state index contributed by atoms with van der Waals surface area (Å²) in [5.41, 5.74) is 6.57. The lowest BCUT2D eigenvalue weighted by Crippen LogP contribution is -2.54. The number of ether oxygens (including phenoxy) is 1. The highest BCUT2D eigenvalue weighted by molar-refractivity contribution is 8.16. The van der Waals surface area contributed by atoms with Gasteiger partial charge in [0.15, 0.2) is 0 Å². The molecule has 0 fully saturated rings. The third-order valence-corrected chi connectivity index (χ3v) is 8.40. The second-order valence-corrected chi connectivity index (χ2v) is 10.9. The van der Waals surface area contributed by atoms with Crippen LogP contribution in [0.4, 0.5) is 11.4 Å². The summed E-state index contributed by atoms with van der Waals surface area (Å²) >= 11 is 7.78. The summed E-state index contributed by atoms with van der Waals surface area (Å²) in [6.07, 6.45) is 0.960. The number of anilines is 2. The van der Waals surface area contributed by atoms with Gasteiger partial charge in [0, 0.05) is 21.7 Å². The number of halogens is 1. The van der Waals surface area contributed by atoms with Gasteiger partial charge in [-0.1, -0.05) is 91.3 Å². The molecule has 2 heterocycles. The van der Waals surface area contributed by atoms with Crippen molar-refractivity contribution in [3.63, 3.8) is 0 Å². The number of carbonyl (C=O) groups is 1. The molecule has 4 aromatic carbocycles. The summed E-state index contributed by atoms with van der Waals surface area (Å²) < 4.78 is 5.41. The van der Waals surface area contributed by atoms with E-state index in [1.165, 1.54) is 17.3 Å². The Balaban J connectivity index is 1.63. The predicted octanol–water partition coefficient (Wildman–Crippen LogP) is 7.42. The second-order valence-electron chi connectivity index (χ2n) is 9.32. The molecular weight excluding hydrogens is 540 g/mol. The zero-order chi connectivity index (χ0) is 27.7. The molecule has 4 aromatic rings. The molecule has 0 amide bonds. The molecular formula is C32H27ClN4O2S. The molecule has 0 radical (unpaired) electrons. The molecule has 8 heteroatoms. The molecule has 40 heavy (non-hydrogen) atoms. The van der Waals surface area contributed by atoms with Gasteiger partial charge in [-0.25, -0.2) is 14.8 Å². The van der Waals surface area contributed by atoms with E-state index in [0.29, 0.717) is 5.02 Å². The number of para-hydroxylation sites is 1. The first-order valence-corrected chi connectivity index (χ1v) is 14.4. The number of carbonyl (C=O) groups excluding carboxylic acids is 1. The Morgan fingerprint density at radius 3 is 2.27 bits per heavy atom. The molecule has 200 valence electrons. The molecule has 2 aliphatic rings. The Morgan fingerprint density at radius 2 is 1.55 bits per heavy atom. The maximum Gasteiger partial charge on any atom is 0.365 e. The van der Waals surface area contributed by atoms with Crippen LogP contribution in [0.3, 0.4) is 0 Å². The molecule has 2 aliphatic heterocycles. The van der Waals surface area contributed by atoms with Gasteiger partial charge in [-0.2, -0.15) is 10.2 Å². The van der Waals surface area contributed by atoms with Crippen molar-refractivity contribution in [2.75, 3.05) is 16.6 Å². The molecule has 0 aromatic heterocycles. The van der Waals surface area contributed by atoms with Gasteiger partial charge in [-0.05, 0) is 61.0 Å². The van der Waals surface area contributed by atoms with Gasteiger partial charge in [-0.15, -0.1) is 0 Å². The van der Waals surface area contributed by atoms with Gasteiger partial charge in [0.25, 0.3) is 0 Å². The number of hydrazone groups is 2. The minimum Gasteiger partial charge on any atom is -0.461 e. The number of esters is 1. The minimum absolute atomic E-state index is 0.239. The van der Waals surface area contributed by atoms with E-state index in [0.717, 1.165) is 40.2 Å². The molecule has 1 atom stereocenters. The molecule has 6 rings (SSSR count). The minimum atomic E-state index is -1.07. The summed E-state index contributed by atoms with van der Waals surface area (Å²) in [6, 6.07) is 34.1. The van der Waals surface area contributed by atoms with E-state index in [1.54, 1.807) is 6.92 Å². The zero-order valence-electron chi connectivity index (χ0n) is 22.1. The Hall–Kier alpha value is -4.07. The van der Waals surface area contributed by atoms with Gasteiger partial charge in [0.05, 0.1) is 23.7 Å². The highest BCUT2D eigenvalue weighted by Gasteiger charge is 2.56. The van der Waals surface area contributed by atoms with Crippen LogP contribution in [0.5, 0.6) is 0 Å². The standard InChI is InChI=1S/C32H27ClN4O2S/c1-3-22-17-19-23(20-18-22)29-27-15-8-9-16-28(27)32(36(34-29)25-12-6-5-7-13-25)37(26-14-10-11-24(33)21-26)35-30(40-32)31(38)39-4-2/h5-21H,3-4H2,1-2H3/t32-/m0/s1. The predicted molar refractivity (Wildman–Crippen MR) is 164 cm³/mol. The van der Waals surface area contributed by atoms with E-state index in [9.17, 15) is 4.79 Å². The first kappa shape index (κ1) is 26.2. The van der Waals surface area contributed by atoms with Crippen molar-refractivity contribution in [1.82, 2.24) is 0 Å². The summed E-state index contributed by atoms with van der Waals surface area (Å²) in [6.45, 7) is 4.18. The Morgan fingerprint density at radius 1 is 0.850 bits per heavy atom. The van der Waals surface area contributed by atoms with Crippen LogP contribution in [0.1, 0.15) is 36.1 Å². The van der Waals surface area contributed by atoms with Crippen LogP contribution in [0.15, 0.2) is 113 Å². The Labute approximate surface area is 242 Å². The number of aryl methyl sites for hydroxylation is 1. The van der Waals surface area contributed by atoms with Crippen molar-refractivity contribution >= 4 is 51.5 Å². The summed E-state index contributed by atoms with van der Waals surface area (Å²) in [7, 11) is 0. The maximum absolute atomic E-state index is 13.1. The summed E-state index contributed by atoms with van der Waals surface area (Å²) in [5, 5.41) is 14.8. The second kappa shape index (κ2) is 10.8. The third kappa shape index (κ3) is 4.45. The molecule has 0 bridgehead atoms. The average molecular weight is 567 g/mol. The third-order valence-electron chi connectivity index (χ3n) is 6.88. The fourth-order valence-electron chi connectivity index (χ4n) is 5.00. The highest BCUT2D eigenvalue weighted by Crippen LogP contribution is 2.55. The molecule has 1 spiro atoms. The van der Waals surface area contributed by atoms with E-state index in [4.69, 9.17) is 26.5 Å². The molecule has 0 saturated heterocycles. The zero-order valence-corrected chi connectivity index (χ0v) is 23.7. The number of hydrogen-bond donors (Lipinski definition) is 0. The van der Waals surface area contributed by atoms with Crippen LogP contribution in [0.2, 0.25) is 5.02 Å². The highest BCUT2D eigenvalue weighted by atomic mass is 35.5. The molecule has 0 saturated carbocycles. The van der Waals surface area contributed by atoms with Crippen LogP contribution >= 0.6 is 23.4 Å². The van der Waals surface area contributed by atoms with Crippen molar-refractivity contribution < 1.29 is 9.53 Å². The fourth-order valence-corrected chi connectivity index (χ4v) is 6.47. The lowest BCUT2D eigenvalue weighted by Gasteiger charge is -2.47. The van der Waals surface area contributed by atoms with E-state index < -0.39 is 11.0 Å². The van der Waals surface area contributed by atoms with E-state index in [2.05, 4.69) is 43.3 Å². The van der Waals surface area contributed by atoms with Crippen molar-refractivity contribution in [1.29, 1.82) is 0 Å². The van der Waals surface area contributed by atoms with Crippen LogP contribution in [0.25, 0.3) is 0 Å². The van der Waals surface area contributed by atoms with Gasteiger partial charge in [0.1, 0.15) is 0 Å². The number of hydrogen-bond acceptors (Lipinski definition) is 7. The number of rotatable bonds is 6. The average Bonchev–Trinajstić information content (AvgIpc) is 3.39. The van der Waals surface area contributed by atoms with Crippen molar-refractivity contribution in [2.45, 2.75) is 25.3 Å². The van der Waals surface area contributed by atoms with E-state index in [1.807, 2.05) is 76.7 Å². The first-order valence-electron chi connectivity index (χ1n) is 13.2. The van der Waals surface area contributed by atoms with Crippen LogP contribution in [-0.2, 0) is 20.9 Å². The lowest BCUT2D eigenvalue weighted by atomic mass is 9.92. The topological polar surface area (TPSA) is 57.5 Å². The van der Waals surface area contributed by atoms with Crippen molar-refractivity contribution in [3.8, 4) is 0 Å². The van der Waals surface area contributed by atoms with Gasteiger partial charge < -0.3 is 4.74 Å². The smallest absolute Gasteiger partial charge is 0.365 e. The van der Waals surface area contributed by atoms with Gasteiger partial charge in [-0.3, -0.25) is 0 Å². The molecule has 0 unspecified atom stereocenters. The number of nitrogens with zero attached hydrogens (tertiary/aromatic N) is 4. The SMILES string of the molecule is CCOC(=O)C1=NN(c2cccc(Cl)c2)[C@]2(S1)c1ccccc1C(c1ccc(CC)cc1)=NN2c1ccccc1.